The molecule has 1 saturated carbocycles. The van der Waals surface area contributed by atoms with Crippen LogP contribution in [0.2, 0.25) is 0 Å². The molecule has 1 aliphatic carbocycles. The van der Waals surface area contributed by atoms with Crippen molar-refractivity contribution in [1.82, 2.24) is 4.98 Å². The van der Waals surface area contributed by atoms with Gasteiger partial charge >= 0.3 is 11.9 Å². The van der Waals surface area contributed by atoms with E-state index in [4.69, 9.17) is 23.7 Å². The van der Waals surface area contributed by atoms with E-state index in [1.165, 1.54) is 26.3 Å². The molecule has 1 fully saturated rings. The van der Waals surface area contributed by atoms with Gasteiger partial charge in [-0.25, -0.2) is 4.98 Å². The zero-order chi connectivity index (χ0) is 26.1. The van der Waals surface area contributed by atoms with E-state index >= 15 is 0 Å². The summed E-state index contributed by atoms with van der Waals surface area (Å²) in [4.78, 5) is 41.1. The minimum Gasteiger partial charge on any atom is -0.493 e. The van der Waals surface area contributed by atoms with Gasteiger partial charge in [-0.1, -0.05) is 37.3 Å². The smallest absolute Gasteiger partial charge is 0.309 e. The molecule has 0 aliphatic heterocycles. The van der Waals surface area contributed by atoms with E-state index < -0.39 is 42.6 Å². The Kier molecular flexibility index (Phi) is 9.81. The van der Waals surface area contributed by atoms with Gasteiger partial charge < -0.3 is 23.7 Å². The van der Waals surface area contributed by atoms with Crippen molar-refractivity contribution in [3.63, 3.8) is 0 Å². The van der Waals surface area contributed by atoms with Crippen molar-refractivity contribution in [3.05, 3.63) is 53.9 Å². The number of ketones is 1. The summed E-state index contributed by atoms with van der Waals surface area (Å²) >= 11 is 0. The van der Waals surface area contributed by atoms with Crippen molar-refractivity contribution in [3.8, 4) is 11.5 Å². The fraction of sp³-hybridized carbons (Fsp3) is 0.481. The number of rotatable bonds is 14. The number of esters is 2. The molecule has 0 amide bonds. The number of Topliss-reactive ketones (excluding diaryl/α,β-unsaturated/α-hetero) is 1. The van der Waals surface area contributed by atoms with Gasteiger partial charge in [-0.05, 0) is 31.2 Å². The normalized spacial score (nSPS) is 15.3. The quantitative estimate of drug-likeness (QED) is 0.213. The number of carbonyl (C=O) groups excluding carboxylic acids is 3. The average molecular weight is 500 g/mol. The second-order valence-corrected chi connectivity index (χ2v) is 8.87. The van der Waals surface area contributed by atoms with Crippen LogP contribution in [0.15, 0.2) is 42.6 Å². The van der Waals surface area contributed by atoms with Crippen LogP contribution in [-0.4, -0.2) is 49.3 Å². The van der Waals surface area contributed by atoms with Crippen LogP contribution in [0.5, 0.6) is 11.5 Å². The molecule has 1 heterocycles. The minimum absolute atomic E-state index is 0.0240. The molecule has 9 nitrogen and oxygen atoms in total. The van der Waals surface area contributed by atoms with Crippen LogP contribution in [0.3, 0.4) is 0 Å². The van der Waals surface area contributed by atoms with Crippen LogP contribution in [0.25, 0.3) is 0 Å². The first-order chi connectivity index (χ1) is 17.3. The molecule has 9 heteroatoms. The van der Waals surface area contributed by atoms with Gasteiger partial charge in [0.1, 0.15) is 12.2 Å². The van der Waals surface area contributed by atoms with Gasteiger partial charge in [-0.3, -0.25) is 14.4 Å². The van der Waals surface area contributed by atoms with Crippen LogP contribution < -0.4 is 9.47 Å². The number of benzene rings is 1. The second kappa shape index (κ2) is 13.0. The van der Waals surface area contributed by atoms with Crippen LogP contribution in [0.4, 0.5) is 0 Å². The predicted octanol–water partition coefficient (Wildman–Crippen LogP) is 4.30. The number of ether oxygens (including phenoxy) is 5. The van der Waals surface area contributed by atoms with Crippen LogP contribution in [0, 0.1) is 11.8 Å². The number of carbonyl (C=O) groups is 3. The highest BCUT2D eigenvalue weighted by Gasteiger charge is 2.30. The maximum Gasteiger partial charge on any atom is 0.309 e. The second-order valence-electron chi connectivity index (χ2n) is 8.87. The summed E-state index contributed by atoms with van der Waals surface area (Å²) in [5, 5.41) is 0. The fourth-order valence-corrected chi connectivity index (χ4v) is 3.59. The number of aromatic nitrogens is 1. The molecule has 0 radical (unpaired) electrons. The van der Waals surface area contributed by atoms with E-state index in [1.807, 2.05) is 30.3 Å². The fourth-order valence-electron chi connectivity index (χ4n) is 3.59. The molecule has 36 heavy (non-hydrogen) atoms. The molecule has 194 valence electrons. The minimum atomic E-state index is -0.742. The zero-order valence-electron chi connectivity index (χ0n) is 21.1. The third-order valence-electron chi connectivity index (χ3n) is 5.78. The number of methoxy groups -OCH3 is 1. The van der Waals surface area contributed by atoms with E-state index in [2.05, 4.69) is 4.98 Å². The van der Waals surface area contributed by atoms with Crippen molar-refractivity contribution < 1.29 is 38.1 Å². The highest BCUT2D eigenvalue weighted by molar-refractivity contribution is 5.99. The topological polar surface area (TPSA) is 110 Å². The van der Waals surface area contributed by atoms with Gasteiger partial charge in [0, 0.05) is 25.6 Å². The monoisotopic (exact) mass is 499 g/mol. The van der Waals surface area contributed by atoms with Gasteiger partial charge in [0.15, 0.2) is 23.0 Å². The van der Waals surface area contributed by atoms with E-state index in [0.717, 1.165) is 18.4 Å². The van der Waals surface area contributed by atoms with Crippen molar-refractivity contribution in [2.75, 3.05) is 20.5 Å². The van der Waals surface area contributed by atoms with E-state index in [1.54, 1.807) is 13.8 Å². The Labute approximate surface area is 211 Å². The Morgan fingerprint density at radius 3 is 2.44 bits per heavy atom. The number of nitrogens with zero attached hydrogens (tertiary/aromatic N) is 1. The summed E-state index contributed by atoms with van der Waals surface area (Å²) in [6.07, 6.45) is 2.60. The van der Waals surface area contributed by atoms with E-state index in [-0.39, 0.29) is 23.6 Å². The van der Waals surface area contributed by atoms with Crippen LogP contribution >= 0.6 is 0 Å². The summed E-state index contributed by atoms with van der Waals surface area (Å²) < 4.78 is 27.3. The predicted molar refractivity (Wildman–Crippen MR) is 130 cm³/mol. The number of hydrogen-bond donors (Lipinski definition) is 0. The van der Waals surface area contributed by atoms with Gasteiger partial charge in [0.05, 0.1) is 19.6 Å². The number of pyridine rings is 1. The van der Waals surface area contributed by atoms with Crippen LogP contribution in [0.1, 0.15) is 62.2 Å². The van der Waals surface area contributed by atoms with Crippen molar-refractivity contribution in [2.45, 2.75) is 52.2 Å². The molecule has 0 N–H and O–H groups in total. The lowest BCUT2D eigenvalue weighted by Crippen LogP contribution is -2.29. The average Bonchev–Trinajstić information content (AvgIpc) is 3.69. The van der Waals surface area contributed by atoms with Crippen LogP contribution in [-0.2, 0) is 23.8 Å². The summed E-state index contributed by atoms with van der Waals surface area (Å²) in [5.74, 6) is -1.38. The molecule has 0 saturated heterocycles. The molecule has 1 aliphatic rings. The Balaban J connectivity index is 1.64. The summed E-state index contributed by atoms with van der Waals surface area (Å²) in [5.41, 5.74) is 0.904. The lowest BCUT2D eigenvalue weighted by atomic mass is 10.0. The molecule has 3 rings (SSSR count). The Morgan fingerprint density at radius 2 is 1.81 bits per heavy atom. The molecule has 0 bridgehead atoms. The lowest BCUT2D eigenvalue weighted by molar-refractivity contribution is -0.161. The third-order valence-corrected chi connectivity index (χ3v) is 5.78. The number of hydrogen-bond acceptors (Lipinski definition) is 9. The molecule has 0 spiro atoms. The molecule has 2 aromatic rings. The molecule has 3 atom stereocenters. The highest BCUT2D eigenvalue weighted by atomic mass is 16.7. The van der Waals surface area contributed by atoms with Crippen molar-refractivity contribution >= 4 is 17.7 Å². The maximum atomic E-state index is 13.0. The SMILES string of the molecule is COc1ccnc(C(=O)C[C@@H](C)C(=O)O[C@@H](C)[C@H](OCC2CC2)c2ccccc2)c1OCOC(C)=O. The first-order valence-electron chi connectivity index (χ1n) is 12.0. The lowest BCUT2D eigenvalue weighted by Gasteiger charge is -2.26. The summed E-state index contributed by atoms with van der Waals surface area (Å²) in [7, 11) is 1.41. The Bertz CT molecular complexity index is 1040. The van der Waals surface area contributed by atoms with Gasteiger partial charge in [-0.15, -0.1) is 0 Å². The molecule has 0 unspecified atom stereocenters. The standard InChI is InChI=1S/C27H33NO8/c1-17(14-22(30)24-26(35-16-34-19(3)29)23(32-4)12-13-28-24)27(31)36-18(2)25(33-15-20-10-11-20)21-8-6-5-7-9-21/h5-9,12-13,17-18,20,25H,10-11,14-16H2,1-4H3/t17-,18+,25+/m1/s1. The largest absolute Gasteiger partial charge is 0.493 e. The van der Waals surface area contributed by atoms with Crippen molar-refractivity contribution in [2.24, 2.45) is 11.8 Å². The van der Waals surface area contributed by atoms with Gasteiger partial charge in [-0.2, -0.15) is 0 Å². The first kappa shape index (κ1) is 27.1. The summed E-state index contributed by atoms with van der Waals surface area (Å²) in [6.45, 7) is 4.86. The van der Waals surface area contributed by atoms with E-state index in [0.29, 0.717) is 12.5 Å². The maximum absolute atomic E-state index is 13.0. The Hall–Kier alpha value is -3.46. The first-order valence-corrected chi connectivity index (χ1v) is 12.0. The summed E-state index contributed by atoms with van der Waals surface area (Å²) in [6, 6.07) is 11.2. The highest BCUT2D eigenvalue weighted by Crippen LogP contribution is 2.33. The van der Waals surface area contributed by atoms with Gasteiger partial charge in [0.25, 0.3) is 0 Å². The molecular weight excluding hydrogens is 466 g/mol. The van der Waals surface area contributed by atoms with Crippen molar-refractivity contribution in [1.29, 1.82) is 0 Å². The third kappa shape index (κ3) is 7.78. The van der Waals surface area contributed by atoms with Gasteiger partial charge in [0.2, 0.25) is 6.79 Å². The molecule has 1 aromatic carbocycles. The Morgan fingerprint density at radius 1 is 1.08 bits per heavy atom. The van der Waals surface area contributed by atoms with E-state index in [9.17, 15) is 14.4 Å². The zero-order valence-corrected chi connectivity index (χ0v) is 21.1. The molecular formula is C27H33NO8. The molecule has 1 aromatic heterocycles.